The number of likely N-dealkylation sites (tertiary alicyclic amines) is 1. The molecule has 1 aliphatic heterocycles. The zero-order valence-electron chi connectivity index (χ0n) is 16.0. The Morgan fingerprint density at radius 2 is 1.92 bits per heavy atom. The van der Waals surface area contributed by atoms with Gasteiger partial charge in [0, 0.05) is 24.2 Å². The first-order valence-corrected chi connectivity index (χ1v) is 8.98. The molecule has 0 aliphatic carbocycles. The maximum Gasteiger partial charge on any atom is 0.257 e. The summed E-state index contributed by atoms with van der Waals surface area (Å²) in [6, 6.07) is 10.1. The van der Waals surface area contributed by atoms with Crippen LogP contribution in [0.4, 0.5) is 0 Å². The van der Waals surface area contributed by atoms with Crippen molar-refractivity contribution in [2.75, 3.05) is 13.1 Å². The minimum Gasteiger partial charge on any atom is -0.335 e. The van der Waals surface area contributed by atoms with Crippen molar-refractivity contribution in [1.29, 1.82) is 0 Å². The molecule has 142 valence electrons. The van der Waals surface area contributed by atoms with Gasteiger partial charge in [0.25, 0.3) is 5.91 Å². The molecule has 5 nitrogen and oxygen atoms in total. The molecule has 1 aliphatic rings. The molecule has 3 rings (SSSR count). The van der Waals surface area contributed by atoms with E-state index in [2.05, 4.69) is 27.7 Å². The number of rotatable bonds is 3. The third-order valence-corrected chi connectivity index (χ3v) is 4.93. The number of nitrogens with zero attached hydrogens (tertiary/aromatic N) is 3. The van der Waals surface area contributed by atoms with E-state index in [9.17, 15) is 4.79 Å². The lowest BCUT2D eigenvalue weighted by Gasteiger charge is -2.23. The van der Waals surface area contributed by atoms with E-state index in [0.29, 0.717) is 18.0 Å². The van der Waals surface area contributed by atoms with Gasteiger partial charge >= 0.3 is 0 Å². The molecule has 0 spiro atoms. The molecular weight excluding hydrogens is 348 g/mol. The highest BCUT2D eigenvalue weighted by Crippen LogP contribution is 2.30. The highest BCUT2D eigenvalue weighted by molar-refractivity contribution is 5.96. The fraction of sp³-hybridized carbons (Fsp3) is 0.500. The van der Waals surface area contributed by atoms with E-state index in [4.69, 9.17) is 10.8 Å². The molecule has 1 aromatic heterocycles. The van der Waals surface area contributed by atoms with E-state index >= 15 is 0 Å². The van der Waals surface area contributed by atoms with E-state index in [-0.39, 0.29) is 29.8 Å². The predicted octanol–water partition coefficient (Wildman–Crippen LogP) is 3.40. The molecule has 2 atom stereocenters. The molecule has 1 aromatic carbocycles. The number of carbonyl (C=O) groups excluding carboxylic acids is 1. The minimum atomic E-state index is -0.207. The SMILES string of the molecule is CC1CC(CN)CN1C(=O)c1cn(-c2ccccc2)nc1C(C)(C)C.Cl. The van der Waals surface area contributed by atoms with Crippen LogP contribution in [0.2, 0.25) is 0 Å². The van der Waals surface area contributed by atoms with Gasteiger partial charge in [0.2, 0.25) is 0 Å². The third-order valence-electron chi connectivity index (χ3n) is 4.93. The van der Waals surface area contributed by atoms with Crippen molar-refractivity contribution in [3.8, 4) is 5.69 Å². The van der Waals surface area contributed by atoms with Crippen LogP contribution >= 0.6 is 12.4 Å². The van der Waals surface area contributed by atoms with Crippen molar-refractivity contribution in [2.24, 2.45) is 11.7 Å². The van der Waals surface area contributed by atoms with Crippen LogP contribution in [-0.2, 0) is 5.41 Å². The molecule has 2 N–H and O–H groups in total. The van der Waals surface area contributed by atoms with E-state index < -0.39 is 0 Å². The van der Waals surface area contributed by atoms with Crippen molar-refractivity contribution in [3.63, 3.8) is 0 Å². The summed E-state index contributed by atoms with van der Waals surface area (Å²) in [6.45, 7) is 9.75. The number of nitrogens with two attached hydrogens (primary N) is 1. The predicted molar refractivity (Wildman–Crippen MR) is 107 cm³/mol. The van der Waals surface area contributed by atoms with Crippen molar-refractivity contribution in [1.82, 2.24) is 14.7 Å². The largest absolute Gasteiger partial charge is 0.335 e. The molecular formula is C20H29ClN4O. The number of hydrogen-bond donors (Lipinski definition) is 1. The maximum atomic E-state index is 13.3. The Morgan fingerprint density at radius 1 is 1.27 bits per heavy atom. The molecule has 6 heteroatoms. The van der Waals surface area contributed by atoms with Crippen molar-refractivity contribution >= 4 is 18.3 Å². The zero-order chi connectivity index (χ0) is 18.2. The number of carbonyl (C=O) groups is 1. The maximum absolute atomic E-state index is 13.3. The lowest BCUT2D eigenvalue weighted by Crippen LogP contribution is -2.35. The van der Waals surface area contributed by atoms with E-state index in [1.54, 1.807) is 0 Å². The molecule has 0 saturated carbocycles. The Bertz CT molecular complexity index is 751. The average molecular weight is 377 g/mol. The van der Waals surface area contributed by atoms with E-state index in [1.165, 1.54) is 0 Å². The number of aromatic nitrogens is 2. The van der Waals surface area contributed by atoms with Gasteiger partial charge in [0.15, 0.2) is 0 Å². The Morgan fingerprint density at radius 3 is 2.46 bits per heavy atom. The molecule has 2 unspecified atom stereocenters. The third kappa shape index (κ3) is 3.94. The van der Waals surface area contributed by atoms with Gasteiger partial charge in [-0.2, -0.15) is 5.10 Å². The topological polar surface area (TPSA) is 64.2 Å². The molecule has 2 aromatic rings. The summed E-state index contributed by atoms with van der Waals surface area (Å²) >= 11 is 0. The van der Waals surface area contributed by atoms with Crippen LogP contribution < -0.4 is 5.73 Å². The van der Waals surface area contributed by atoms with Crippen molar-refractivity contribution < 1.29 is 4.79 Å². The summed E-state index contributed by atoms with van der Waals surface area (Å²) < 4.78 is 1.81. The summed E-state index contributed by atoms with van der Waals surface area (Å²) in [4.78, 5) is 15.2. The number of benzene rings is 1. The summed E-state index contributed by atoms with van der Waals surface area (Å²) in [5, 5.41) is 4.75. The monoisotopic (exact) mass is 376 g/mol. The molecule has 1 fully saturated rings. The lowest BCUT2D eigenvalue weighted by atomic mass is 9.89. The van der Waals surface area contributed by atoms with Gasteiger partial charge in [0.1, 0.15) is 0 Å². The normalized spacial score (nSPS) is 20.1. The van der Waals surface area contributed by atoms with Gasteiger partial charge in [-0.3, -0.25) is 4.79 Å². The van der Waals surface area contributed by atoms with Crippen LogP contribution in [0.25, 0.3) is 5.69 Å². The zero-order valence-corrected chi connectivity index (χ0v) is 16.8. The molecule has 0 bridgehead atoms. The van der Waals surface area contributed by atoms with Crippen LogP contribution in [0.3, 0.4) is 0 Å². The standard InChI is InChI=1S/C20H28N4O.ClH/c1-14-10-15(11-21)12-23(14)19(25)17-13-24(16-8-6-5-7-9-16)22-18(17)20(2,3)4;/h5-9,13-15H,10-12,21H2,1-4H3;1H. The molecule has 0 radical (unpaired) electrons. The Hall–Kier alpha value is -1.85. The number of hydrogen-bond acceptors (Lipinski definition) is 3. The first kappa shape index (κ1) is 20.5. The van der Waals surface area contributed by atoms with Gasteiger partial charge in [-0.15, -0.1) is 12.4 Å². The summed E-state index contributed by atoms with van der Waals surface area (Å²) in [7, 11) is 0. The highest BCUT2D eigenvalue weighted by Gasteiger charge is 2.35. The van der Waals surface area contributed by atoms with Crippen molar-refractivity contribution in [3.05, 3.63) is 47.8 Å². The van der Waals surface area contributed by atoms with Gasteiger partial charge in [0.05, 0.1) is 16.9 Å². The second kappa shape index (κ2) is 7.80. The fourth-order valence-corrected chi connectivity index (χ4v) is 3.55. The van der Waals surface area contributed by atoms with Gasteiger partial charge in [-0.1, -0.05) is 39.0 Å². The fourth-order valence-electron chi connectivity index (χ4n) is 3.55. The van der Waals surface area contributed by atoms with Crippen LogP contribution in [-0.4, -0.2) is 39.7 Å². The Balaban J connectivity index is 0.00000243. The van der Waals surface area contributed by atoms with Crippen LogP contribution in [0.15, 0.2) is 36.5 Å². The van der Waals surface area contributed by atoms with E-state index in [0.717, 1.165) is 24.3 Å². The smallest absolute Gasteiger partial charge is 0.257 e. The van der Waals surface area contributed by atoms with Crippen molar-refractivity contribution in [2.45, 2.75) is 45.6 Å². The molecule has 26 heavy (non-hydrogen) atoms. The lowest BCUT2D eigenvalue weighted by molar-refractivity contribution is 0.0741. The van der Waals surface area contributed by atoms with E-state index in [1.807, 2.05) is 46.1 Å². The van der Waals surface area contributed by atoms with Gasteiger partial charge in [-0.05, 0) is 37.9 Å². The minimum absolute atomic E-state index is 0. The first-order valence-electron chi connectivity index (χ1n) is 8.98. The Kier molecular flexibility index (Phi) is 6.14. The average Bonchev–Trinajstić information content (AvgIpc) is 3.18. The number of para-hydroxylation sites is 1. The summed E-state index contributed by atoms with van der Waals surface area (Å²) in [6.07, 6.45) is 2.85. The van der Waals surface area contributed by atoms with Crippen LogP contribution in [0.5, 0.6) is 0 Å². The van der Waals surface area contributed by atoms with Crippen LogP contribution in [0.1, 0.15) is 50.2 Å². The molecule has 1 amide bonds. The van der Waals surface area contributed by atoms with Gasteiger partial charge in [-0.25, -0.2) is 4.68 Å². The molecule has 2 heterocycles. The highest BCUT2D eigenvalue weighted by atomic mass is 35.5. The second-order valence-corrected chi connectivity index (χ2v) is 8.07. The quantitative estimate of drug-likeness (QED) is 0.892. The molecule has 1 saturated heterocycles. The summed E-state index contributed by atoms with van der Waals surface area (Å²) in [5.74, 6) is 0.455. The summed E-state index contributed by atoms with van der Waals surface area (Å²) in [5.41, 5.74) is 8.11. The second-order valence-electron chi connectivity index (χ2n) is 8.07. The number of halogens is 1. The Labute approximate surface area is 162 Å². The first-order chi connectivity index (χ1) is 11.8. The van der Waals surface area contributed by atoms with Gasteiger partial charge < -0.3 is 10.6 Å². The number of amides is 1. The van der Waals surface area contributed by atoms with Crippen LogP contribution in [0, 0.1) is 5.92 Å².